The first-order chi connectivity index (χ1) is 17.0. The number of carbonyl (C=O) groups is 2. The molecule has 176 valence electrons. The van der Waals surface area contributed by atoms with E-state index in [1.54, 1.807) is 18.4 Å². The zero-order valence-corrected chi connectivity index (χ0v) is 20.7. The van der Waals surface area contributed by atoms with E-state index in [-0.39, 0.29) is 18.4 Å². The van der Waals surface area contributed by atoms with E-state index in [4.69, 9.17) is 4.98 Å². The van der Waals surface area contributed by atoms with Gasteiger partial charge in [-0.1, -0.05) is 49.4 Å². The van der Waals surface area contributed by atoms with Gasteiger partial charge in [0, 0.05) is 23.0 Å². The van der Waals surface area contributed by atoms with Gasteiger partial charge in [0.2, 0.25) is 5.91 Å². The van der Waals surface area contributed by atoms with Crippen LogP contribution in [0.4, 0.5) is 5.69 Å². The van der Waals surface area contributed by atoms with Crippen molar-refractivity contribution in [1.29, 1.82) is 0 Å². The van der Waals surface area contributed by atoms with E-state index in [2.05, 4.69) is 29.8 Å². The summed E-state index contributed by atoms with van der Waals surface area (Å²) in [4.78, 5) is 34.2. The van der Waals surface area contributed by atoms with Crippen LogP contribution in [0.3, 0.4) is 0 Å². The maximum absolute atomic E-state index is 13.8. The Labute approximate surface area is 209 Å². The van der Waals surface area contributed by atoms with E-state index in [0.717, 1.165) is 58.2 Å². The number of hydrogen-bond acceptors (Lipinski definition) is 4. The third kappa shape index (κ3) is 4.62. The van der Waals surface area contributed by atoms with Gasteiger partial charge in [0.05, 0.1) is 23.3 Å². The normalized spacial score (nSPS) is 13.7. The van der Waals surface area contributed by atoms with Crippen LogP contribution < -0.4 is 5.32 Å². The van der Waals surface area contributed by atoms with Crippen molar-refractivity contribution in [2.45, 2.75) is 26.2 Å². The summed E-state index contributed by atoms with van der Waals surface area (Å²) >= 11 is 1.69. The molecule has 5 rings (SSSR count). The van der Waals surface area contributed by atoms with Gasteiger partial charge in [-0.3, -0.25) is 9.59 Å². The standard InChI is InChI=1S/C29H27N3O2S/c1-3-19-9-4-6-12-24(19)30-26(33)18-32(2)29(34)27-22-11-5-7-13-25(22)31-28-20(14-15-23(27)28)17-21-10-8-16-35-21/h4-13,16-17H,3,14-15,18H2,1-2H3,(H,30,33)/b20-17+. The summed E-state index contributed by atoms with van der Waals surface area (Å²) in [7, 11) is 1.69. The smallest absolute Gasteiger partial charge is 0.255 e. The lowest BCUT2D eigenvalue weighted by Gasteiger charge is -2.20. The second-order valence-corrected chi connectivity index (χ2v) is 9.72. The highest BCUT2D eigenvalue weighted by molar-refractivity contribution is 7.10. The van der Waals surface area contributed by atoms with Gasteiger partial charge in [0.25, 0.3) is 5.91 Å². The Morgan fingerprint density at radius 2 is 1.86 bits per heavy atom. The van der Waals surface area contributed by atoms with E-state index in [1.807, 2.05) is 54.6 Å². The Hall–Kier alpha value is -3.77. The molecule has 0 atom stereocenters. The zero-order chi connectivity index (χ0) is 24.4. The highest BCUT2D eigenvalue weighted by atomic mass is 32.1. The van der Waals surface area contributed by atoms with Crippen molar-refractivity contribution >= 4 is 51.4 Å². The quantitative estimate of drug-likeness (QED) is 0.364. The highest BCUT2D eigenvalue weighted by Gasteiger charge is 2.28. The van der Waals surface area contributed by atoms with Crippen LogP contribution in [0.2, 0.25) is 0 Å². The first kappa shape index (κ1) is 23.0. The first-order valence-electron chi connectivity index (χ1n) is 11.8. The number of benzene rings is 2. The fraction of sp³-hybridized carbons (Fsp3) is 0.207. The predicted molar refractivity (Wildman–Crippen MR) is 144 cm³/mol. The minimum absolute atomic E-state index is 0.0276. The molecule has 0 spiro atoms. The summed E-state index contributed by atoms with van der Waals surface area (Å²) in [5, 5.41) is 5.86. The second kappa shape index (κ2) is 9.84. The lowest BCUT2D eigenvalue weighted by Crippen LogP contribution is -2.35. The third-order valence-electron chi connectivity index (χ3n) is 6.42. The van der Waals surface area contributed by atoms with Crippen molar-refractivity contribution in [2.24, 2.45) is 0 Å². The van der Waals surface area contributed by atoms with Crippen LogP contribution in [0, 0.1) is 0 Å². The number of para-hydroxylation sites is 2. The molecule has 0 bridgehead atoms. The van der Waals surface area contributed by atoms with Crippen molar-refractivity contribution in [2.75, 3.05) is 18.9 Å². The molecule has 4 aromatic rings. The summed E-state index contributed by atoms with van der Waals surface area (Å²) in [5.74, 6) is -0.369. The van der Waals surface area contributed by atoms with Crippen molar-refractivity contribution in [3.63, 3.8) is 0 Å². The minimum atomic E-state index is -0.213. The van der Waals surface area contributed by atoms with Crippen LogP contribution >= 0.6 is 11.3 Å². The molecule has 2 aromatic heterocycles. The van der Waals surface area contributed by atoms with Crippen molar-refractivity contribution in [3.8, 4) is 0 Å². The number of fused-ring (bicyclic) bond motifs is 2. The summed E-state index contributed by atoms with van der Waals surface area (Å²) in [6.45, 7) is 2.02. The van der Waals surface area contributed by atoms with E-state index in [0.29, 0.717) is 5.56 Å². The molecule has 0 saturated heterocycles. The first-order valence-corrected chi connectivity index (χ1v) is 12.7. The van der Waals surface area contributed by atoms with Crippen LogP contribution in [0.1, 0.15) is 45.4 Å². The molecule has 5 nitrogen and oxygen atoms in total. The Morgan fingerprint density at radius 1 is 1.06 bits per heavy atom. The van der Waals surface area contributed by atoms with Gasteiger partial charge in [-0.2, -0.15) is 0 Å². The third-order valence-corrected chi connectivity index (χ3v) is 7.23. The highest BCUT2D eigenvalue weighted by Crippen LogP contribution is 2.38. The molecule has 0 aliphatic heterocycles. The van der Waals surface area contributed by atoms with Crippen LogP contribution in [-0.4, -0.2) is 35.3 Å². The molecule has 0 fully saturated rings. The molecule has 2 heterocycles. The zero-order valence-electron chi connectivity index (χ0n) is 19.9. The van der Waals surface area contributed by atoms with E-state index < -0.39 is 0 Å². The largest absolute Gasteiger partial charge is 0.332 e. The van der Waals surface area contributed by atoms with Gasteiger partial charge in [-0.05, 0) is 65.6 Å². The van der Waals surface area contributed by atoms with Crippen LogP contribution in [-0.2, 0) is 17.6 Å². The van der Waals surface area contributed by atoms with Crippen molar-refractivity contribution in [1.82, 2.24) is 9.88 Å². The fourth-order valence-electron chi connectivity index (χ4n) is 4.69. The van der Waals surface area contributed by atoms with Gasteiger partial charge in [-0.15, -0.1) is 11.3 Å². The number of amides is 2. The van der Waals surface area contributed by atoms with Crippen molar-refractivity contribution in [3.05, 3.63) is 93.3 Å². The van der Waals surface area contributed by atoms with Gasteiger partial charge >= 0.3 is 0 Å². The predicted octanol–water partition coefficient (Wildman–Crippen LogP) is 6.06. The van der Waals surface area contributed by atoms with Crippen LogP contribution in [0.25, 0.3) is 22.6 Å². The minimum Gasteiger partial charge on any atom is -0.332 e. The average molecular weight is 482 g/mol. The molecule has 0 saturated carbocycles. The maximum Gasteiger partial charge on any atom is 0.255 e. The molecular weight excluding hydrogens is 454 g/mol. The number of anilines is 1. The van der Waals surface area contributed by atoms with Gasteiger partial charge in [0.1, 0.15) is 0 Å². The number of carbonyl (C=O) groups excluding carboxylic acids is 2. The molecule has 0 unspecified atom stereocenters. The molecule has 1 N–H and O–H groups in total. The Morgan fingerprint density at radius 3 is 2.66 bits per heavy atom. The maximum atomic E-state index is 13.8. The summed E-state index contributed by atoms with van der Waals surface area (Å²) in [6.07, 6.45) is 4.60. The fourth-order valence-corrected chi connectivity index (χ4v) is 5.37. The number of pyridine rings is 1. The number of nitrogens with one attached hydrogen (secondary N) is 1. The number of likely N-dealkylation sites (N-methyl/N-ethyl adjacent to an activating group) is 1. The molecule has 0 radical (unpaired) electrons. The summed E-state index contributed by atoms with van der Waals surface area (Å²) < 4.78 is 0. The van der Waals surface area contributed by atoms with E-state index >= 15 is 0 Å². The molecular formula is C29H27N3O2S. The number of hydrogen-bond donors (Lipinski definition) is 1. The molecule has 2 aromatic carbocycles. The molecule has 6 heteroatoms. The molecule has 1 aliphatic carbocycles. The number of rotatable bonds is 6. The molecule has 35 heavy (non-hydrogen) atoms. The molecule has 1 aliphatic rings. The van der Waals surface area contributed by atoms with Gasteiger partial charge in [-0.25, -0.2) is 4.98 Å². The number of thiophene rings is 1. The average Bonchev–Trinajstić information content (AvgIpc) is 3.53. The number of aromatic nitrogens is 1. The molecule has 2 amide bonds. The number of aryl methyl sites for hydroxylation is 1. The van der Waals surface area contributed by atoms with Gasteiger partial charge in [0.15, 0.2) is 0 Å². The lowest BCUT2D eigenvalue weighted by molar-refractivity contribution is -0.116. The van der Waals surface area contributed by atoms with E-state index in [9.17, 15) is 9.59 Å². The Bertz CT molecular complexity index is 1440. The number of allylic oxidation sites excluding steroid dienone is 1. The lowest BCUT2D eigenvalue weighted by atomic mass is 9.99. The Balaban J connectivity index is 1.46. The monoisotopic (exact) mass is 481 g/mol. The van der Waals surface area contributed by atoms with Crippen LogP contribution in [0.15, 0.2) is 66.0 Å². The SMILES string of the molecule is CCc1ccccc1NC(=O)CN(C)C(=O)c1c2c(nc3ccccc13)/C(=C/c1cccs1)CC2. The topological polar surface area (TPSA) is 62.3 Å². The van der Waals surface area contributed by atoms with E-state index in [1.165, 1.54) is 9.78 Å². The summed E-state index contributed by atoms with van der Waals surface area (Å²) in [6, 6.07) is 19.6. The Kier molecular flexibility index (Phi) is 6.47. The number of nitrogens with zero attached hydrogens (tertiary/aromatic N) is 2. The summed E-state index contributed by atoms with van der Waals surface area (Å²) in [5.41, 5.74) is 6.33. The van der Waals surface area contributed by atoms with Gasteiger partial charge < -0.3 is 10.2 Å². The second-order valence-electron chi connectivity index (χ2n) is 8.74. The van der Waals surface area contributed by atoms with Crippen molar-refractivity contribution < 1.29 is 9.59 Å². The van der Waals surface area contributed by atoms with Crippen LogP contribution in [0.5, 0.6) is 0 Å².